The molecule has 3 aliphatic rings. The first-order valence-corrected chi connectivity index (χ1v) is 13.3. The van der Waals surface area contributed by atoms with E-state index >= 15 is 0 Å². The van der Waals surface area contributed by atoms with Gasteiger partial charge in [-0.15, -0.1) is 0 Å². The fraction of sp³-hybridized carbons (Fsp3) is 0.714. The van der Waals surface area contributed by atoms with Crippen molar-refractivity contribution in [2.75, 3.05) is 33.2 Å². The number of likely N-dealkylation sites (N-methyl/N-ethyl adjacent to an activating group) is 1. The standard InChI is InChI=1S/C28H43N3O2/c1-21(29-2)27(32)19-25(23-11-6-7-12-23)28(33)31-18-15-24-13-8-16-30(20-26(24)31)17-14-22-9-4-3-5-10-22/h3-5,9-10,21,23-26,29H,6-8,11-20H2,1-2H3/t21-,24+,25-,26+/m0/s1. The Bertz CT molecular complexity index is 777. The summed E-state index contributed by atoms with van der Waals surface area (Å²) in [6, 6.07) is 10.9. The van der Waals surface area contributed by atoms with Crippen LogP contribution in [0.15, 0.2) is 30.3 Å². The number of Topliss-reactive ketones (excluding diaryl/α,β-unsaturated/α-hetero) is 1. The summed E-state index contributed by atoms with van der Waals surface area (Å²) in [5.41, 5.74) is 1.39. The average Bonchev–Trinajstić information content (AvgIpc) is 3.47. The molecule has 1 N–H and O–H groups in total. The third-order valence-electron chi connectivity index (χ3n) is 8.65. The second-order valence-electron chi connectivity index (χ2n) is 10.7. The Morgan fingerprint density at radius 3 is 2.52 bits per heavy atom. The van der Waals surface area contributed by atoms with Crippen molar-refractivity contribution in [3.8, 4) is 0 Å². The molecule has 4 rings (SSSR count). The van der Waals surface area contributed by atoms with Gasteiger partial charge in [0.05, 0.1) is 6.04 Å². The first kappa shape index (κ1) is 24.4. The summed E-state index contributed by atoms with van der Waals surface area (Å²) < 4.78 is 0. The zero-order valence-electron chi connectivity index (χ0n) is 20.7. The van der Waals surface area contributed by atoms with Crippen LogP contribution >= 0.6 is 0 Å². The summed E-state index contributed by atoms with van der Waals surface area (Å²) in [5.74, 6) is 1.33. The van der Waals surface area contributed by atoms with E-state index in [1.165, 1.54) is 31.2 Å². The van der Waals surface area contributed by atoms with Crippen LogP contribution in [-0.4, -0.2) is 66.8 Å². The van der Waals surface area contributed by atoms with Crippen molar-refractivity contribution in [3.05, 3.63) is 35.9 Å². The lowest BCUT2D eigenvalue weighted by atomic mass is 9.84. The van der Waals surface area contributed by atoms with Gasteiger partial charge in [-0.25, -0.2) is 0 Å². The molecular weight excluding hydrogens is 410 g/mol. The van der Waals surface area contributed by atoms with Gasteiger partial charge in [0.25, 0.3) is 0 Å². The molecule has 5 heteroatoms. The Labute approximate surface area is 200 Å². The van der Waals surface area contributed by atoms with Gasteiger partial charge in [0, 0.05) is 38.0 Å². The molecule has 0 radical (unpaired) electrons. The van der Waals surface area contributed by atoms with E-state index in [1.807, 2.05) is 14.0 Å². The van der Waals surface area contributed by atoms with Gasteiger partial charge in [-0.05, 0) is 76.4 Å². The number of ketones is 1. The molecular formula is C28H43N3O2. The molecule has 0 unspecified atom stereocenters. The highest BCUT2D eigenvalue weighted by atomic mass is 16.2. The molecule has 2 saturated heterocycles. The number of benzene rings is 1. The van der Waals surface area contributed by atoms with Gasteiger partial charge in [-0.2, -0.15) is 0 Å². The summed E-state index contributed by atoms with van der Waals surface area (Å²) in [7, 11) is 1.83. The third-order valence-corrected chi connectivity index (χ3v) is 8.65. The SMILES string of the molecule is CN[C@@H](C)C(=O)C[C@H](C(=O)N1CC[C@H]2CCCN(CCc3ccccc3)C[C@H]21)C1CCCC1. The minimum atomic E-state index is -0.181. The lowest BCUT2D eigenvalue weighted by Gasteiger charge is -2.35. The van der Waals surface area contributed by atoms with Gasteiger partial charge in [-0.3, -0.25) is 9.59 Å². The van der Waals surface area contributed by atoms with Crippen LogP contribution in [0.1, 0.15) is 63.9 Å². The van der Waals surface area contributed by atoms with Crippen molar-refractivity contribution in [1.29, 1.82) is 0 Å². The molecule has 182 valence electrons. The Kier molecular flexibility index (Phi) is 8.59. The number of nitrogens with zero attached hydrogens (tertiary/aromatic N) is 2. The third kappa shape index (κ3) is 6.05. The molecule has 33 heavy (non-hydrogen) atoms. The van der Waals surface area contributed by atoms with Crippen molar-refractivity contribution in [2.45, 2.75) is 76.8 Å². The molecule has 2 aliphatic heterocycles. The molecule has 2 heterocycles. The molecule has 0 bridgehead atoms. The Morgan fingerprint density at radius 2 is 1.79 bits per heavy atom. The van der Waals surface area contributed by atoms with Crippen molar-refractivity contribution in [1.82, 2.24) is 15.1 Å². The van der Waals surface area contributed by atoms with Crippen LogP contribution < -0.4 is 5.32 Å². The lowest BCUT2D eigenvalue weighted by Crippen LogP contribution is -2.48. The molecule has 1 amide bonds. The van der Waals surface area contributed by atoms with Crippen LogP contribution in [0.2, 0.25) is 0 Å². The fourth-order valence-corrected chi connectivity index (χ4v) is 6.43. The van der Waals surface area contributed by atoms with Gasteiger partial charge in [-0.1, -0.05) is 43.2 Å². The van der Waals surface area contributed by atoms with Crippen molar-refractivity contribution in [2.24, 2.45) is 17.8 Å². The normalized spacial score (nSPS) is 26.1. The summed E-state index contributed by atoms with van der Waals surface area (Å²) in [6.45, 7) is 5.97. The van der Waals surface area contributed by atoms with Crippen LogP contribution in [0.3, 0.4) is 0 Å². The number of likely N-dealkylation sites (tertiary alicyclic amines) is 2. The number of hydrogen-bond acceptors (Lipinski definition) is 4. The van der Waals surface area contributed by atoms with Crippen LogP contribution in [0.4, 0.5) is 0 Å². The Morgan fingerprint density at radius 1 is 1.03 bits per heavy atom. The number of fused-ring (bicyclic) bond motifs is 1. The highest BCUT2D eigenvalue weighted by Crippen LogP contribution is 2.38. The predicted octanol–water partition coefficient (Wildman–Crippen LogP) is 3.92. The summed E-state index contributed by atoms with van der Waals surface area (Å²) in [4.78, 5) is 31.6. The van der Waals surface area contributed by atoms with E-state index in [0.717, 1.165) is 51.9 Å². The smallest absolute Gasteiger partial charge is 0.226 e. The molecule has 0 spiro atoms. The van der Waals surface area contributed by atoms with Gasteiger partial charge in [0.2, 0.25) is 5.91 Å². The average molecular weight is 454 g/mol. The maximum absolute atomic E-state index is 14.0. The lowest BCUT2D eigenvalue weighted by molar-refractivity contribution is -0.141. The van der Waals surface area contributed by atoms with Crippen molar-refractivity contribution < 1.29 is 9.59 Å². The van der Waals surface area contributed by atoms with Gasteiger partial charge < -0.3 is 15.1 Å². The zero-order chi connectivity index (χ0) is 23.2. The zero-order valence-corrected chi connectivity index (χ0v) is 20.7. The van der Waals surface area contributed by atoms with E-state index in [0.29, 0.717) is 24.3 Å². The molecule has 5 nitrogen and oxygen atoms in total. The van der Waals surface area contributed by atoms with E-state index < -0.39 is 0 Å². The maximum atomic E-state index is 14.0. The monoisotopic (exact) mass is 453 g/mol. The summed E-state index contributed by atoms with van der Waals surface area (Å²) in [6.07, 6.45) is 9.63. The molecule has 4 atom stereocenters. The first-order valence-electron chi connectivity index (χ1n) is 13.3. The minimum Gasteiger partial charge on any atom is -0.338 e. The van der Waals surface area contributed by atoms with Gasteiger partial charge in [0.1, 0.15) is 5.78 Å². The van der Waals surface area contributed by atoms with E-state index in [-0.39, 0.29) is 23.7 Å². The fourth-order valence-electron chi connectivity index (χ4n) is 6.43. The van der Waals surface area contributed by atoms with Crippen LogP contribution in [0.25, 0.3) is 0 Å². The Balaban J connectivity index is 1.44. The molecule has 1 aromatic carbocycles. The van der Waals surface area contributed by atoms with Crippen molar-refractivity contribution in [3.63, 3.8) is 0 Å². The highest BCUT2D eigenvalue weighted by molar-refractivity contribution is 5.90. The Hall–Kier alpha value is -1.72. The minimum absolute atomic E-state index is 0.129. The van der Waals surface area contributed by atoms with E-state index in [1.54, 1.807) is 0 Å². The number of nitrogens with one attached hydrogen (secondary N) is 1. The number of hydrogen-bond donors (Lipinski definition) is 1. The summed E-state index contributed by atoms with van der Waals surface area (Å²) >= 11 is 0. The van der Waals surface area contributed by atoms with Crippen LogP contribution in [-0.2, 0) is 16.0 Å². The summed E-state index contributed by atoms with van der Waals surface area (Å²) in [5, 5.41) is 3.07. The van der Waals surface area contributed by atoms with Gasteiger partial charge >= 0.3 is 0 Å². The molecule has 1 aromatic rings. The topological polar surface area (TPSA) is 52.7 Å². The second kappa shape index (κ2) is 11.6. The second-order valence-corrected chi connectivity index (χ2v) is 10.7. The number of amides is 1. The number of rotatable bonds is 9. The largest absolute Gasteiger partial charge is 0.338 e. The van der Waals surface area contributed by atoms with E-state index in [9.17, 15) is 9.59 Å². The number of carbonyl (C=O) groups excluding carboxylic acids is 2. The molecule has 0 aromatic heterocycles. The van der Waals surface area contributed by atoms with Crippen molar-refractivity contribution >= 4 is 11.7 Å². The van der Waals surface area contributed by atoms with Gasteiger partial charge in [0.15, 0.2) is 0 Å². The highest BCUT2D eigenvalue weighted by Gasteiger charge is 2.43. The number of carbonyl (C=O) groups is 2. The molecule has 1 saturated carbocycles. The first-order chi connectivity index (χ1) is 16.1. The van der Waals surface area contributed by atoms with Crippen LogP contribution in [0, 0.1) is 17.8 Å². The van der Waals surface area contributed by atoms with E-state index in [2.05, 4.69) is 45.4 Å². The van der Waals surface area contributed by atoms with Crippen LogP contribution in [0.5, 0.6) is 0 Å². The quantitative estimate of drug-likeness (QED) is 0.616. The van der Waals surface area contributed by atoms with E-state index in [4.69, 9.17) is 0 Å². The molecule has 3 fully saturated rings. The maximum Gasteiger partial charge on any atom is 0.226 e. The molecule has 1 aliphatic carbocycles. The predicted molar refractivity (Wildman–Crippen MR) is 133 cm³/mol.